The molecule has 1 aromatic heterocycles. The Morgan fingerprint density at radius 2 is 2.47 bits per heavy atom. The number of rotatable bonds is 4. The number of aromatic nitrogens is 2. The van der Waals surface area contributed by atoms with Crippen molar-refractivity contribution in [1.82, 2.24) is 10.1 Å². The van der Waals surface area contributed by atoms with Gasteiger partial charge in [-0.3, -0.25) is 4.79 Å². The minimum atomic E-state index is -0.775. The third-order valence-electron chi connectivity index (χ3n) is 2.94. The number of aliphatic carboxylic acids is 1. The summed E-state index contributed by atoms with van der Waals surface area (Å²) in [4.78, 5) is 14.9. The normalized spacial score (nSPS) is 26.3. The second-order valence-electron chi connectivity index (χ2n) is 4.09. The lowest BCUT2D eigenvalue weighted by Gasteiger charge is -1.98. The SMILES string of the molecule is CCC(C)c1noc(C2CC2C(=O)O)n1. The Morgan fingerprint density at radius 3 is 3.00 bits per heavy atom. The van der Waals surface area contributed by atoms with Gasteiger partial charge in [0, 0.05) is 5.92 Å². The predicted molar refractivity (Wildman–Crippen MR) is 51.5 cm³/mol. The molecule has 5 heteroatoms. The number of hydrogen-bond donors (Lipinski definition) is 1. The number of nitrogens with zero attached hydrogens (tertiary/aromatic N) is 2. The first-order valence-corrected chi connectivity index (χ1v) is 5.19. The summed E-state index contributed by atoms with van der Waals surface area (Å²) in [5, 5.41) is 12.6. The zero-order valence-electron chi connectivity index (χ0n) is 8.80. The van der Waals surface area contributed by atoms with Crippen LogP contribution in [0.2, 0.25) is 0 Å². The van der Waals surface area contributed by atoms with Crippen LogP contribution in [0.3, 0.4) is 0 Å². The van der Waals surface area contributed by atoms with Gasteiger partial charge >= 0.3 is 5.97 Å². The van der Waals surface area contributed by atoms with Gasteiger partial charge in [-0.05, 0) is 12.8 Å². The Hall–Kier alpha value is -1.39. The van der Waals surface area contributed by atoms with Crippen LogP contribution >= 0.6 is 0 Å². The second kappa shape index (κ2) is 3.64. The van der Waals surface area contributed by atoms with Crippen molar-refractivity contribution in [3.63, 3.8) is 0 Å². The largest absolute Gasteiger partial charge is 0.481 e. The molecule has 15 heavy (non-hydrogen) atoms. The van der Waals surface area contributed by atoms with Crippen LogP contribution in [0.5, 0.6) is 0 Å². The quantitative estimate of drug-likeness (QED) is 0.819. The molecule has 1 saturated carbocycles. The van der Waals surface area contributed by atoms with E-state index in [-0.39, 0.29) is 17.8 Å². The van der Waals surface area contributed by atoms with Gasteiger partial charge in [0.2, 0.25) is 5.89 Å². The molecule has 0 saturated heterocycles. The van der Waals surface area contributed by atoms with E-state index in [1.165, 1.54) is 0 Å². The van der Waals surface area contributed by atoms with E-state index in [0.717, 1.165) is 6.42 Å². The summed E-state index contributed by atoms with van der Waals surface area (Å²) in [6.07, 6.45) is 1.57. The average molecular weight is 210 g/mol. The summed E-state index contributed by atoms with van der Waals surface area (Å²) in [5.74, 6) is 0.275. The van der Waals surface area contributed by atoms with Gasteiger partial charge in [-0.15, -0.1) is 0 Å². The maximum Gasteiger partial charge on any atom is 0.307 e. The van der Waals surface area contributed by atoms with Crippen LogP contribution in [0, 0.1) is 5.92 Å². The van der Waals surface area contributed by atoms with Crippen molar-refractivity contribution < 1.29 is 14.4 Å². The molecule has 1 aliphatic carbocycles. The summed E-state index contributed by atoms with van der Waals surface area (Å²) in [6, 6.07) is 0. The maximum absolute atomic E-state index is 10.7. The van der Waals surface area contributed by atoms with Crippen molar-refractivity contribution in [2.24, 2.45) is 5.92 Å². The van der Waals surface area contributed by atoms with E-state index in [1.807, 2.05) is 6.92 Å². The molecule has 1 heterocycles. The molecule has 82 valence electrons. The van der Waals surface area contributed by atoms with E-state index in [4.69, 9.17) is 9.63 Å². The topological polar surface area (TPSA) is 76.2 Å². The highest BCUT2D eigenvalue weighted by atomic mass is 16.5. The molecule has 1 aliphatic rings. The second-order valence-corrected chi connectivity index (χ2v) is 4.09. The molecule has 1 aromatic rings. The number of carboxylic acid groups (broad SMARTS) is 1. The van der Waals surface area contributed by atoms with Crippen molar-refractivity contribution in [1.29, 1.82) is 0 Å². The molecule has 1 fully saturated rings. The van der Waals surface area contributed by atoms with E-state index < -0.39 is 5.97 Å². The van der Waals surface area contributed by atoms with Crippen molar-refractivity contribution >= 4 is 5.97 Å². The number of hydrogen-bond acceptors (Lipinski definition) is 4. The first-order chi connectivity index (χ1) is 7.13. The molecule has 0 bridgehead atoms. The third-order valence-corrected chi connectivity index (χ3v) is 2.94. The van der Waals surface area contributed by atoms with Crippen molar-refractivity contribution in [2.75, 3.05) is 0 Å². The van der Waals surface area contributed by atoms with Crippen LogP contribution in [0.15, 0.2) is 4.52 Å². The minimum absolute atomic E-state index is 0.0622. The summed E-state index contributed by atoms with van der Waals surface area (Å²) in [6.45, 7) is 4.08. The highest BCUT2D eigenvalue weighted by Crippen LogP contribution is 2.46. The summed E-state index contributed by atoms with van der Waals surface area (Å²) in [5.41, 5.74) is 0. The van der Waals surface area contributed by atoms with Crippen LogP contribution in [0.4, 0.5) is 0 Å². The molecule has 0 aliphatic heterocycles. The van der Waals surface area contributed by atoms with Crippen LogP contribution in [0.1, 0.15) is 50.2 Å². The molecular formula is C10H14N2O3. The van der Waals surface area contributed by atoms with E-state index in [1.54, 1.807) is 0 Å². The first-order valence-electron chi connectivity index (χ1n) is 5.19. The Kier molecular flexibility index (Phi) is 2.46. The Balaban J connectivity index is 2.06. The summed E-state index contributed by atoms with van der Waals surface area (Å²) < 4.78 is 5.07. The number of carbonyl (C=O) groups is 1. The molecule has 0 radical (unpaired) electrons. The Labute approximate surface area is 87.5 Å². The minimum Gasteiger partial charge on any atom is -0.481 e. The lowest BCUT2D eigenvalue weighted by Crippen LogP contribution is -1.99. The third kappa shape index (κ3) is 1.86. The zero-order valence-corrected chi connectivity index (χ0v) is 8.80. The van der Waals surface area contributed by atoms with E-state index in [2.05, 4.69) is 17.1 Å². The molecule has 3 atom stereocenters. The molecular weight excluding hydrogens is 196 g/mol. The van der Waals surface area contributed by atoms with Gasteiger partial charge in [-0.25, -0.2) is 0 Å². The highest BCUT2D eigenvalue weighted by molar-refractivity contribution is 5.74. The lowest BCUT2D eigenvalue weighted by atomic mass is 10.1. The average Bonchev–Trinajstić information content (AvgIpc) is 2.88. The fourth-order valence-corrected chi connectivity index (χ4v) is 1.52. The Morgan fingerprint density at radius 1 is 1.73 bits per heavy atom. The Bertz CT molecular complexity index is 374. The molecule has 3 unspecified atom stereocenters. The van der Waals surface area contributed by atoms with Crippen LogP contribution < -0.4 is 0 Å². The van der Waals surface area contributed by atoms with E-state index >= 15 is 0 Å². The van der Waals surface area contributed by atoms with E-state index in [9.17, 15) is 4.79 Å². The summed E-state index contributed by atoms with van der Waals surface area (Å²) >= 11 is 0. The van der Waals surface area contributed by atoms with Crippen molar-refractivity contribution in [3.8, 4) is 0 Å². The van der Waals surface area contributed by atoms with Crippen LogP contribution in [-0.4, -0.2) is 21.2 Å². The summed E-state index contributed by atoms with van der Waals surface area (Å²) in [7, 11) is 0. The molecule has 0 spiro atoms. The molecule has 2 rings (SSSR count). The van der Waals surface area contributed by atoms with Crippen LogP contribution in [0.25, 0.3) is 0 Å². The van der Waals surface area contributed by atoms with Gasteiger partial charge < -0.3 is 9.63 Å². The first kappa shape index (κ1) is 10.1. The van der Waals surface area contributed by atoms with Gasteiger partial charge in [0.1, 0.15) is 0 Å². The molecule has 0 amide bonds. The van der Waals surface area contributed by atoms with Gasteiger partial charge in [-0.2, -0.15) is 4.98 Å². The van der Waals surface area contributed by atoms with Crippen molar-refractivity contribution in [2.45, 2.75) is 38.5 Å². The predicted octanol–water partition coefficient (Wildman–Crippen LogP) is 1.77. The molecule has 1 N–H and O–H groups in total. The van der Waals surface area contributed by atoms with Crippen LogP contribution in [-0.2, 0) is 4.79 Å². The molecule has 5 nitrogen and oxygen atoms in total. The zero-order chi connectivity index (χ0) is 11.0. The highest BCUT2D eigenvalue weighted by Gasteiger charge is 2.48. The maximum atomic E-state index is 10.7. The number of carboxylic acids is 1. The van der Waals surface area contributed by atoms with Gasteiger partial charge in [0.25, 0.3) is 0 Å². The van der Waals surface area contributed by atoms with Gasteiger partial charge in [-0.1, -0.05) is 19.0 Å². The van der Waals surface area contributed by atoms with Gasteiger partial charge in [0.05, 0.1) is 11.8 Å². The fourth-order valence-electron chi connectivity index (χ4n) is 1.52. The monoisotopic (exact) mass is 210 g/mol. The van der Waals surface area contributed by atoms with Gasteiger partial charge in [0.15, 0.2) is 5.82 Å². The fraction of sp³-hybridized carbons (Fsp3) is 0.700. The van der Waals surface area contributed by atoms with E-state index in [0.29, 0.717) is 18.1 Å². The molecule has 0 aromatic carbocycles. The lowest BCUT2D eigenvalue weighted by molar-refractivity contribution is -0.138. The smallest absolute Gasteiger partial charge is 0.307 e. The standard InChI is InChI=1S/C10H14N2O3/c1-3-5(2)8-11-9(15-12-8)6-4-7(6)10(13)14/h5-7H,3-4H2,1-2H3,(H,13,14). The van der Waals surface area contributed by atoms with Crippen molar-refractivity contribution in [3.05, 3.63) is 11.7 Å².